The molecule has 0 amide bonds. The molecule has 1 aromatic heterocycles. The van der Waals surface area contributed by atoms with E-state index >= 15 is 0 Å². The summed E-state index contributed by atoms with van der Waals surface area (Å²) in [5.41, 5.74) is 25.0. The fourth-order valence-electron chi connectivity index (χ4n) is 12.9. The Kier molecular flexibility index (Phi) is 9.69. The van der Waals surface area contributed by atoms with Crippen LogP contribution in [0.15, 0.2) is 253 Å². The highest BCUT2D eigenvalue weighted by molar-refractivity contribution is 6.06. The second-order valence-corrected chi connectivity index (χ2v) is 22.1. The summed E-state index contributed by atoms with van der Waals surface area (Å²) in [5.74, 6) is 0. The zero-order valence-electron chi connectivity index (χ0n) is 43.0. The van der Waals surface area contributed by atoms with Gasteiger partial charge in [-0.25, -0.2) is 0 Å². The number of rotatable bonds is 7. The van der Waals surface area contributed by atoms with Crippen molar-refractivity contribution in [3.8, 4) is 66.8 Å². The van der Waals surface area contributed by atoms with Crippen LogP contribution in [0.2, 0.25) is 0 Å². The number of hydrogen-bond acceptors (Lipinski definition) is 2. The van der Waals surface area contributed by atoms with Crippen molar-refractivity contribution in [2.24, 2.45) is 0 Å². The van der Waals surface area contributed by atoms with Gasteiger partial charge in [0, 0.05) is 38.7 Å². The molecule has 0 bridgehead atoms. The van der Waals surface area contributed by atoms with Gasteiger partial charge in [-0.3, -0.25) is 0 Å². The van der Waals surface area contributed by atoms with E-state index in [2.05, 4.69) is 269 Å². The first-order valence-electron chi connectivity index (χ1n) is 26.6. The number of fused-ring (bicyclic) bond motifs is 11. The molecule has 0 saturated heterocycles. The molecular weight excluding hydrogens is 919 g/mol. The molecular formula is C74H53NO. The van der Waals surface area contributed by atoms with Crippen LogP contribution in [-0.2, 0) is 10.8 Å². The van der Waals surface area contributed by atoms with Crippen LogP contribution in [0.4, 0.5) is 17.1 Å². The third kappa shape index (κ3) is 6.94. The largest absolute Gasteiger partial charge is 0.456 e. The maximum absolute atomic E-state index is 6.16. The highest BCUT2D eigenvalue weighted by atomic mass is 16.3. The Morgan fingerprint density at radius 1 is 0.263 bits per heavy atom. The lowest BCUT2D eigenvalue weighted by atomic mass is 9.81. The summed E-state index contributed by atoms with van der Waals surface area (Å²) in [6, 6.07) is 92.4. The molecule has 0 fully saturated rings. The summed E-state index contributed by atoms with van der Waals surface area (Å²) >= 11 is 0. The van der Waals surface area contributed by atoms with Crippen molar-refractivity contribution in [2.75, 3.05) is 4.90 Å². The third-order valence-corrected chi connectivity index (χ3v) is 17.0. The first kappa shape index (κ1) is 44.3. The highest BCUT2D eigenvalue weighted by Crippen LogP contribution is 2.54. The molecule has 0 unspecified atom stereocenters. The van der Waals surface area contributed by atoms with E-state index in [0.717, 1.165) is 44.6 Å². The lowest BCUT2D eigenvalue weighted by Crippen LogP contribution is -2.18. The van der Waals surface area contributed by atoms with Crippen molar-refractivity contribution in [1.82, 2.24) is 0 Å². The molecule has 0 spiro atoms. The van der Waals surface area contributed by atoms with Gasteiger partial charge in [0.15, 0.2) is 0 Å². The minimum absolute atomic E-state index is 0.234. The second kappa shape index (κ2) is 16.6. The molecule has 76 heavy (non-hydrogen) atoms. The Morgan fingerprint density at radius 2 is 0.658 bits per heavy atom. The monoisotopic (exact) mass is 971 g/mol. The second-order valence-electron chi connectivity index (χ2n) is 22.1. The van der Waals surface area contributed by atoms with Crippen LogP contribution in [0.5, 0.6) is 0 Å². The molecule has 360 valence electrons. The van der Waals surface area contributed by atoms with Crippen molar-refractivity contribution in [3.05, 3.63) is 271 Å². The Morgan fingerprint density at radius 3 is 1.22 bits per heavy atom. The number of benzene rings is 12. The first-order valence-corrected chi connectivity index (χ1v) is 26.6. The molecule has 1 heterocycles. The van der Waals surface area contributed by atoms with Gasteiger partial charge >= 0.3 is 0 Å². The van der Waals surface area contributed by atoms with E-state index in [4.69, 9.17) is 4.42 Å². The van der Waals surface area contributed by atoms with Crippen LogP contribution in [0, 0.1) is 0 Å². The summed E-state index contributed by atoms with van der Waals surface area (Å²) in [5, 5.41) is 7.32. The Hall–Kier alpha value is -9.24. The summed E-state index contributed by atoms with van der Waals surface area (Å²) in [6.45, 7) is 9.60. The highest BCUT2D eigenvalue weighted by Gasteiger charge is 2.38. The maximum Gasteiger partial charge on any atom is 0.135 e. The molecule has 2 nitrogen and oxygen atoms in total. The fraction of sp³-hybridized carbons (Fsp3) is 0.0811. The summed E-state index contributed by atoms with van der Waals surface area (Å²) < 4.78 is 6.16. The number of furan rings is 1. The van der Waals surface area contributed by atoms with Crippen LogP contribution in [0.1, 0.15) is 49.9 Å². The molecule has 2 heteroatoms. The SMILES string of the molecule is CC1(C)c2cc(-c3ccc4ccccc4c3)ccc2-c2ccc(N(c3cccc(-c4ccc(-c5ccc6oc7ccccc7c6c5)cc4)c3)c3ccc4c(c3)C(C)(C)c3cc(-c5ccc6ccccc6c5)ccc3-4)cc21. The third-order valence-electron chi connectivity index (χ3n) is 17.0. The summed E-state index contributed by atoms with van der Waals surface area (Å²) in [4.78, 5) is 2.49. The van der Waals surface area contributed by atoms with Gasteiger partial charge in [0.05, 0.1) is 0 Å². The van der Waals surface area contributed by atoms with Gasteiger partial charge in [0.25, 0.3) is 0 Å². The standard InChI is InChI=1S/C74H53NO/c1-73(2)67-42-56(53-26-24-46-12-5-7-14-50(46)38-53)28-33-61(67)63-35-31-59(44-69(63)73)75(58-17-11-16-52(40-58)48-20-22-49(23-21-48)55-30-37-72-66(41-55)65-18-9-10-19-71(65)76-72)60-32-36-64-62-34-29-57(43-68(62)74(3,4)70(64)45-60)54-27-25-47-13-6-8-15-51(47)39-54/h5-45H,1-4H3. The average molecular weight is 972 g/mol. The minimum Gasteiger partial charge on any atom is -0.456 e. The molecule has 2 aliphatic rings. The van der Waals surface area contributed by atoms with Crippen molar-refractivity contribution < 1.29 is 4.42 Å². The van der Waals surface area contributed by atoms with E-state index in [1.165, 1.54) is 105 Å². The number of hydrogen-bond donors (Lipinski definition) is 0. The predicted molar refractivity (Wildman–Crippen MR) is 320 cm³/mol. The average Bonchev–Trinajstić information content (AvgIpc) is 4.17. The topological polar surface area (TPSA) is 16.4 Å². The van der Waals surface area contributed by atoms with Gasteiger partial charge in [-0.2, -0.15) is 0 Å². The molecule has 0 atom stereocenters. The van der Waals surface area contributed by atoms with Crippen molar-refractivity contribution >= 4 is 60.5 Å². The minimum atomic E-state index is -0.234. The van der Waals surface area contributed by atoms with Gasteiger partial charge in [0.1, 0.15) is 11.2 Å². The van der Waals surface area contributed by atoms with Crippen LogP contribution in [-0.4, -0.2) is 0 Å². The van der Waals surface area contributed by atoms with Crippen LogP contribution >= 0.6 is 0 Å². The van der Waals surface area contributed by atoms with E-state index < -0.39 is 0 Å². The molecule has 13 aromatic rings. The van der Waals surface area contributed by atoms with E-state index in [9.17, 15) is 0 Å². The quantitative estimate of drug-likeness (QED) is 0.158. The predicted octanol–water partition coefficient (Wildman–Crippen LogP) is 20.6. The van der Waals surface area contributed by atoms with E-state index in [1.807, 2.05) is 12.1 Å². The first-order chi connectivity index (χ1) is 37.1. The van der Waals surface area contributed by atoms with E-state index in [0.29, 0.717) is 0 Å². The van der Waals surface area contributed by atoms with Crippen LogP contribution in [0.3, 0.4) is 0 Å². The Labute approximate surface area is 443 Å². The molecule has 2 aliphatic carbocycles. The molecule has 0 N–H and O–H groups in total. The van der Waals surface area contributed by atoms with E-state index in [1.54, 1.807) is 0 Å². The zero-order chi connectivity index (χ0) is 50.9. The maximum atomic E-state index is 6.16. The summed E-state index contributed by atoms with van der Waals surface area (Å²) in [6.07, 6.45) is 0. The zero-order valence-corrected chi connectivity index (χ0v) is 43.0. The number of nitrogens with zero attached hydrogens (tertiary/aromatic N) is 1. The number of anilines is 3. The summed E-state index contributed by atoms with van der Waals surface area (Å²) in [7, 11) is 0. The van der Waals surface area contributed by atoms with Gasteiger partial charge in [0.2, 0.25) is 0 Å². The van der Waals surface area contributed by atoms with Crippen molar-refractivity contribution in [1.29, 1.82) is 0 Å². The van der Waals surface area contributed by atoms with Gasteiger partial charge < -0.3 is 9.32 Å². The Bertz CT molecular complexity index is 4340. The molecule has 0 saturated carbocycles. The van der Waals surface area contributed by atoms with Gasteiger partial charge in [-0.15, -0.1) is 0 Å². The van der Waals surface area contributed by atoms with Gasteiger partial charge in [-0.05, 0) is 189 Å². The fourth-order valence-corrected chi connectivity index (χ4v) is 12.9. The lowest BCUT2D eigenvalue weighted by molar-refractivity contribution is 0.660. The smallest absolute Gasteiger partial charge is 0.135 e. The van der Waals surface area contributed by atoms with E-state index in [-0.39, 0.29) is 10.8 Å². The molecule has 0 aliphatic heterocycles. The Balaban J connectivity index is 0.824. The normalized spacial score (nSPS) is 13.7. The van der Waals surface area contributed by atoms with Crippen LogP contribution in [0.25, 0.3) is 110 Å². The number of para-hydroxylation sites is 1. The van der Waals surface area contributed by atoms with Crippen molar-refractivity contribution in [3.63, 3.8) is 0 Å². The molecule has 15 rings (SSSR count). The van der Waals surface area contributed by atoms with Gasteiger partial charge in [-0.1, -0.05) is 198 Å². The molecule has 12 aromatic carbocycles. The van der Waals surface area contributed by atoms with Crippen molar-refractivity contribution in [2.45, 2.75) is 38.5 Å². The molecule has 0 radical (unpaired) electrons. The van der Waals surface area contributed by atoms with Crippen LogP contribution < -0.4 is 4.90 Å². The lowest BCUT2D eigenvalue weighted by Gasteiger charge is -2.30.